The summed E-state index contributed by atoms with van der Waals surface area (Å²) in [5.41, 5.74) is 7.86. The zero-order valence-corrected chi connectivity index (χ0v) is 14.9. The Kier molecular flexibility index (Phi) is 9.46. The predicted molar refractivity (Wildman–Crippen MR) is 97.4 cm³/mol. The van der Waals surface area contributed by atoms with Crippen LogP contribution in [0.5, 0.6) is 0 Å². The molecule has 1 aromatic rings. The molecule has 0 amide bonds. The van der Waals surface area contributed by atoms with E-state index in [0.29, 0.717) is 0 Å². The normalized spacial score (nSPS) is 15.3. The Labute approximate surface area is 141 Å². The molecule has 2 atom stereocenters. The summed E-state index contributed by atoms with van der Waals surface area (Å²) >= 11 is 0. The third kappa shape index (κ3) is 7.47. The molecule has 0 radical (unpaired) electrons. The van der Waals surface area contributed by atoms with Gasteiger partial charge in [-0.3, -0.25) is 0 Å². The van der Waals surface area contributed by atoms with Gasteiger partial charge in [0.2, 0.25) is 0 Å². The lowest BCUT2D eigenvalue weighted by atomic mass is 9.90. The van der Waals surface area contributed by atoms with Crippen LogP contribution >= 0.6 is 0 Å². The van der Waals surface area contributed by atoms with Gasteiger partial charge in [-0.1, -0.05) is 70.2 Å². The quantitative estimate of drug-likeness (QED) is 0.507. The van der Waals surface area contributed by atoms with Crippen LogP contribution < -0.4 is 5.73 Å². The first-order chi connectivity index (χ1) is 11.0. The largest absolute Gasteiger partial charge is 0.394 e. The molecule has 1 aromatic carbocycles. The van der Waals surface area contributed by atoms with E-state index in [9.17, 15) is 10.2 Å². The summed E-state index contributed by atoms with van der Waals surface area (Å²) in [7, 11) is 0. The Hall–Kier alpha value is -0.900. The van der Waals surface area contributed by atoms with Gasteiger partial charge in [-0.15, -0.1) is 0 Å². The van der Waals surface area contributed by atoms with Crippen molar-refractivity contribution in [3.8, 4) is 0 Å². The number of unbranched alkanes of at least 4 members (excludes halogenated alkanes) is 4. The molecule has 0 aromatic heterocycles. The summed E-state index contributed by atoms with van der Waals surface area (Å²) in [6.45, 7) is 4.25. The summed E-state index contributed by atoms with van der Waals surface area (Å²) in [4.78, 5) is 0. The van der Waals surface area contributed by atoms with Crippen molar-refractivity contribution in [1.29, 1.82) is 0 Å². The van der Waals surface area contributed by atoms with E-state index < -0.39 is 5.54 Å². The van der Waals surface area contributed by atoms with E-state index in [4.69, 9.17) is 5.73 Å². The van der Waals surface area contributed by atoms with Crippen LogP contribution in [0.15, 0.2) is 24.3 Å². The van der Waals surface area contributed by atoms with Crippen molar-refractivity contribution in [2.24, 2.45) is 5.73 Å². The van der Waals surface area contributed by atoms with Crippen LogP contribution in [0.25, 0.3) is 0 Å². The molecule has 0 spiro atoms. The number of aryl methyl sites for hydroxylation is 1. The Morgan fingerprint density at radius 1 is 1.04 bits per heavy atom. The van der Waals surface area contributed by atoms with Crippen molar-refractivity contribution in [2.45, 2.75) is 83.3 Å². The second-order valence-electron chi connectivity index (χ2n) is 6.83. The number of hydrogen-bond donors (Lipinski definition) is 3. The lowest BCUT2D eigenvalue weighted by molar-refractivity contribution is 0.163. The molecule has 0 aliphatic rings. The molecule has 0 aliphatic carbocycles. The average molecular weight is 322 g/mol. The molecule has 2 unspecified atom stereocenters. The van der Waals surface area contributed by atoms with Gasteiger partial charge in [0.15, 0.2) is 0 Å². The van der Waals surface area contributed by atoms with Crippen molar-refractivity contribution in [1.82, 2.24) is 0 Å². The van der Waals surface area contributed by atoms with Gasteiger partial charge in [0.25, 0.3) is 0 Å². The first kappa shape index (κ1) is 20.1. The van der Waals surface area contributed by atoms with E-state index >= 15 is 0 Å². The molecule has 0 heterocycles. The Morgan fingerprint density at radius 3 is 2.26 bits per heavy atom. The molecule has 0 aliphatic heterocycles. The summed E-state index contributed by atoms with van der Waals surface area (Å²) < 4.78 is 0. The molecule has 132 valence electrons. The van der Waals surface area contributed by atoms with E-state index in [1.54, 1.807) is 0 Å². The van der Waals surface area contributed by atoms with E-state index in [1.807, 2.05) is 19.1 Å². The minimum absolute atomic E-state index is 0.0261. The lowest BCUT2D eigenvalue weighted by Crippen LogP contribution is -2.43. The molecular formula is C20H35NO2. The van der Waals surface area contributed by atoms with Crippen LogP contribution in [0.3, 0.4) is 0 Å². The van der Waals surface area contributed by atoms with Crippen LogP contribution in [0.1, 0.15) is 82.4 Å². The molecule has 0 saturated carbocycles. The van der Waals surface area contributed by atoms with Crippen molar-refractivity contribution in [2.75, 3.05) is 6.61 Å². The highest BCUT2D eigenvalue weighted by molar-refractivity contribution is 5.24. The number of hydrogen-bond acceptors (Lipinski definition) is 3. The maximum Gasteiger partial charge on any atom is 0.0790 e. The van der Waals surface area contributed by atoms with Gasteiger partial charge in [-0.25, -0.2) is 0 Å². The first-order valence-electron chi connectivity index (χ1n) is 9.21. The summed E-state index contributed by atoms with van der Waals surface area (Å²) in [5, 5.41) is 19.6. The highest BCUT2D eigenvalue weighted by Gasteiger charge is 2.21. The van der Waals surface area contributed by atoms with Crippen molar-refractivity contribution >= 4 is 0 Å². The van der Waals surface area contributed by atoms with Crippen LogP contribution in [-0.2, 0) is 6.42 Å². The zero-order valence-electron chi connectivity index (χ0n) is 14.9. The fourth-order valence-corrected chi connectivity index (χ4v) is 2.78. The number of benzene rings is 1. The molecule has 3 nitrogen and oxygen atoms in total. The minimum atomic E-state index is -0.476. The number of aliphatic hydroxyl groups excluding tert-OH is 2. The third-order valence-electron chi connectivity index (χ3n) is 4.88. The fourth-order valence-electron chi connectivity index (χ4n) is 2.78. The van der Waals surface area contributed by atoms with Gasteiger partial charge in [0.1, 0.15) is 0 Å². The second kappa shape index (κ2) is 10.8. The Balaban J connectivity index is 2.40. The smallest absolute Gasteiger partial charge is 0.0790 e. The maximum absolute atomic E-state index is 10.3. The number of aliphatic hydroxyl groups is 2. The minimum Gasteiger partial charge on any atom is -0.394 e. The monoisotopic (exact) mass is 321 g/mol. The molecule has 1 rings (SSSR count). The Morgan fingerprint density at radius 2 is 1.70 bits per heavy atom. The number of nitrogens with two attached hydrogens (primary N) is 1. The van der Waals surface area contributed by atoms with E-state index in [-0.39, 0.29) is 12.7 Å². The van der Waals surface area contributed by atoms with Gasteiger partial charge >= 0.3 is 0 Å². The van der Waals surface area contributed by atoms with Crippen LogP contribution in [0, 0.1) is 0 Å². The van der Waals surface area contributed by atoms with Crippen molar-refractivity contribution < 1.29 is 10.2 Å². The van der Waals surface area contributed by atoms with Crippen molar-refractivity contribution in [3.05, 3.63) is 35.4 Å². The lowest BCUT2D eigenvalue weighted by Gasteiger charge is -2.25. The van der Waals surface area contributed by atoms with Gasteiger partial charge in [-0.2, -0.15) is 0 Å². The van der Waals surface area contributed by atoms with Crippen molar-refractivity contribution in [3.63, 3.8) is 0 Å². The van der Waals surface area contributed by atoms with E-state index in [1.165, 1.54) is 31.2 Å². The van der Waals surface area contributed by atoms with E-state index in [2.05, 4.69) is 19.1 Å². The van der Waals surface area contributed by atoms with E-state index in [0.717, 1.165) is 37.7 Å². The summed E-state index contributed by atoms with van der Waals surface area (Å²) in [6.07, 6.45) is 9.01. The molecule has 3 heteroatoms. The van der Waals surface area contributed by atoms with Crippen LogP contribution in [0.2, 0.25) is 0 Å². The van der Waals surface area contributed by atoms with Gasteiger partial charge in [-0.05, 0) is 36.8 Å². The molecule has 0 bridgehead atoms. The highest BCUT2D eigenvalue weighted by atomic mass is 16.3. The van der Waals surface area contributed by atoms with Gasteiger partial charge in [0.05, 0.1) is 12.7 Å². The summed E-state index contributed by atoms with van der Waals surface area (Å²) in [6, 6.07) is 8.19. The first-order valence-corrected chi connectivity index (χ1v) is 9.21. The summed E-state index contributed by atoms with van der Waals surface area (Å²) in [5.74, 6) is 0. The Bertz CT molecular complexity index is 412. The molecule has 0 fully saturated rings. The van der Waals surface area contributed by atoms with Gasteiger partial charge < -0.3 is 15.9 Å². The molecule has 0 saturated heterocycles. The fraction of sp³-hybridized carbons (Fsp3) is 0.700. The SMILES string of the molecule is CCCCCCCC(O)c1ccc(CCC(N)(CC)CO)cc1. The second-order valence-corrected chi connectivity index (χ2v) is 6.83. The van der Waals surface area contributed by atoms with Crippen LogP contribution in [0.4, 0.5) is 0 Å². The van der Waals surface area contributed by atoms with Gasteiger partial charge in [0, 0.05) is 5.54 Å². The topological polar surface area (TPSA) is 66.5 Å². The predicted octanol–water partition coefficient (Wildman–Crippen LogP) is 4.11. The average Bonchev–Trinajstić information content (AvgIpc) is 2.59. The molecule has 23 heavy (non-hydrogen) atoms. The standard InChI is InChI=1S/C20H35NO2/c1-3-5-6-7-8-9-19(23)18-12-10-17(11-13-18)14-15-20(21,4-2)16-22/h10-13,19,22-23H,3-9,14-16,21H2,1-2H3. The highest BCUT2D eigenvalue weighted by Crippen LogP contribution is 2.22. The molecular weight excluding hydrogens is 286 g/mol. The number of rotatable bonds is 12. The van der Waals surface area contributed by atoms with Crippen LogP contribution in [-0.4, -0.2) is 22.4 Å². The molecule has 4 N–H and O–H groups in total. The zero-order chi connectivity index (χ0) is 17.1. The maximum atomic E-state index is 10.3. The third-order valence-corrected chi connectivity index (χ3v) is 4.88.